The van der Waals surface area contributed by atoms with Crippen LogP contribution in [-0.4, -0.2) is 11.7 Å². The highest BCUT2D eigenvalue weighted by Gasteiger charge is 2.17. The summed E-state index contributed by atoms with van der Waals surface area (Å²) in [6.45, 7) is 0.552. The van der Waals surface area contributed by atoms with E-state index in [-0.39, 0.29) is 11.9 Å². The van der Waals surface area contributed by atoms with Gasteiger partial charge in [0.25, 0.3) is 0 Å². The number of rotatable bonds is 6. The third-order valence-electron chi connectivity index (χ3n) is 3.91. The van der Waals surface area contributed by atoms with Crippen molar-refractivity contribution in [3.63, 3.8) is 0 Å². The molecule has 0 aliphatic carbocycles. The van der Waals surface area contributed by atoms with Crippen molar-refractivity contribution >= 4 is 0 Å². The Morgan fingerprint density at radius 3 is 1.92 bits per heavy atom. The van der Waals surface area contributed by atoms with Crippen molar-refractivity contribution in [1.82, 2.24) is 0 Å². The van der Waals surface area contributed by atoms with Crippen molar-refractivity contribution in [2.75, 3.05) is 6.54 Å². The maximum absolute atomic E-state index is 10.3. The normalized spacial score (nSPS) is 10.8. The minimum absolute atomic E-state index is 0.137. The summed E-state index contributed by atoms with van der Waals surface area (Å²) in [6.07, 6.45) is 0.452. The molecule has 0 spiro atoms. The van der Waals surface area contributed by atoms with Crippen molar-refractivity contribution in [2.45, 2.75) is 12.5 Å². The Morgan fingerprint density at radius 2 is 1.42 bits per heavy atom. The SMILES string of the molecule is NCCc1ccc(OC(c2ccccc2)c2ccccc2)c(O)c1. The first kappa shape index (κ1) is 16.1. The zero-order valence-corrected chi connectivity index (χ0v) is 13.4. The van der Waals surface area contributed by atoms with Crippen LogP contribution in [0.2, 0.25) is 0 Å². The Kier molecular flexibility index (Phi) is 5.14. The first-order valence-electron chi connectivity index (χ1n) is 8.06. The van der Waals surface area contributed by atoms with E-state index in [1.54, 1.807) is 12.1 Å². The summed E-state index contributed by atoms with van der Waals surface area (Å²) >= 11 is 0. The van der Waals surface area contributed by atoms with Gasteiger partial charge in [-0.2, -0.15) is 0 Å². The molecule has 0 saturated carbocycles. The van der Waals surface area contributed by atoms with Crippen LogP contribution >= 0.6 is 0 Å². The molecule has 0 aliphatic heterocycles. The predicted molar refractivity (Wildman–Crippen MR) is 96.2 cm³/mol. The molecule has 122 valence electrons. The number of phenols is 1. The topological polar surface area (TPSA) is 55.5 Å². The largest absolute Gasteiger partial charge is 0.504 e. The van der Waals surface area contributed by atoms with Crippen LogP contribution in [0.1, 0.15) is 22.8 Å². The number of phenolic OH excluding ortho intramolecular Hbond substituents is 1. The highest BCUT2D eigenvalue weighted by Crippen LogP contribution is 2.34. The van der Waals surface area contributed by atoms with E-state index in [1.807, 2.05) is 66.7 Å². The predicted octanol–water partition coefficient (Wildman–Crippen LogP) is 4.06. The lowest BCUT2D eigenvalue weighted by Crippen LogP contribution is -2.09. The van der Waals surface area contributed by atoms with Gasteiger partial charge in [0.15, 0.2) is 11.5 Å². The van der Waals surface area contributed by atoms with Gasteiger partial charge in [-0.25, -0.2) is 0 Å². The fourth-order valence-electron chi connectivity index (χ4n) is 2.70. The fraction of sp³-hybridized carbons (Fsp3) is 0.143. The molecule has 3 heteroatoms. The second-order valence-corrected chi connectivity index (χ2v) is 5.66. The molecule has 0 aliphatic rings. The Balaban J connectivity index is 1.93. The van der Waals surface area contributed by atoms with E-state index in [0.29, 0.717) is 12.3 Å². The van der Waals surface area contributed by atoms with E-state index in [4.69, 9.17) is 10.5 Å². The summed E-state index contributed by atoms with van der Waals surface area (Å²) in [7, 11) is 0. The molecular formula is C21H21NO2. The molecule has 0 saturated heterocycles. The van der Waals surface area contributed by atoms with E-state index in [2.05, 4.69) is 0 Å². The van der Waals surface area contributed by atoms with Crippen molar-refractivity contribution in [2.24, 2.45) is 5.73 Å². The molecule has 0 radical (unpaired) electrons. The van der Waals surface area contributed by atoms with Crippen LogP contribution < -0.4 is 10.5 Å². The molecule has 0 amide bonds. The highest BCUT2D eigenvalue weighted by molar-refractivity contribution is 5.43. The third kappa shape index (κ3) is 3.76. The quantitative estimate of drug-likeness (QED) is 0.720. The van der Waals surface area contributed by atoms with Gasteiger partial charge in [0, 0.05) is 0 Å². The van der Waals surface area contributed by atoms with Crippen LogP contribution in [0, 0.1) is 0 Å². The van der Waals surface area contributed by atoms with E-state index >= 15 is 0 Å². The number of nitrogens with two attached hydrogens (primary N) is 1. The lowest BCUT2D eigenvalue weighted by molar-refractivity contribution is 0.236. The van der Waals surface area contributed by atoms with Crippen molar-refractivity contribution < 1.29 is 9.84 Å². The Morgan fingerprint density at radius 1 is 0.833 bits per heavy atom. The Bertz CT molecular complexity index is 733. The molecule has 3 aromatic rings. The average Bonchev–Trinajstić information content (AvgIpc) is 2.63. The van der Waals surface area contributed by atoms with Gasteiger partial charge >= 0.3 is 0 Å². The maximum atomic E-state index is 10.3. The molecule has 0 aromatic heterocycles. The summed E-state index contributed by atoms with van der Waals surface area (Å²) in [6, 6.07) is 25.5. The molecule has 0 bridgehead atoms. The second kappa shape index (κ2) is 7.66. The summed E-state index contributed by atoms with van der Waals surface area (Å²) < 4.78 is 6.17. The summed E-state index contributed by atoms with van der Waals surface area (Å²) in [5.74, 6) is 0.603. The Hall–Kier alpha value is -2.78. The molecule has 3 nitrogen and oxygen atoms in total. The van der Waals surface area contributed by atoms with Gasteiger partial charge in [-0.3, -0.25) is 0 Å². The van der Waals surface area contributed by atoms with Crippen molar-refractivity contribution in [3.05, 3.63) is 95.6 Å². The monoisotopic (exact) mass is 319 g/mol. The fourth-order valence-corrected chi connectivity index (χ4v) is 2.70. The first-order valence-corrected chi connectivity index (χ1v) is 8.06. The highest BCUT2D eigenvalue weighted by atomic mass is 16.5. The number of ether oxygens (including phenoxy) is 1. The molecule has 0 unspecified atom stereocenters. The lowest BCUT2D eigenvalue weighted by Gasteiger charge is -2.21. The molecule has 24 heavy (non-hydrogen) atoms. The van der Waals surface area contributed by atoms with E-state index in [9.17, 15) is 5.11 Å². The first-order chi connectivity index (χ1) is 11.8. The molecule has 0 heterocycles. The van der Waals surface area contributed by atoms with E-state index in [1.165, 1.54) is 0 Å². The number of hydrogen-bond acceptors (Lipinski definition) is 3. The second-order valence-electron chi connectivity index (χ2n) is 5.66. The van der Waals surface area contributed by atoms with Gasteiger partial charge in [0.1, 0.15) is 6.10 Å². The Labute approximate surface area is 142 Å². The van der Waals surface area contributed by atoms with Gasteiger partial charge < -0.3 is 15.6 Å². The summed E-state index contributed by atoms with van der Waals surface area (Å²) in [5, 5.41) is 10.3. The standard InChI is InChI=1S/C21H21NO2/c22-14-13-16-11-12-20(19(23)15-16)24-21(17-7-3-1-4-8-17)18-9-5-2-6-10-18/h1-12,15,21,23H,13-14,22H2. The van der Waals surface area contributed by atoms with Gasteiger partial charge in [0.05, 0.1) is 0 Å². The number of benzene rings is 3. The zero-order valence-electron chi connectivity index (χ0n) is 13.4. The van der Waals surface area contributed by atoms with Crippen LogP contribution in [0.3, 0.4) is 0 Å². The van der Waals surface area contributed by atoms with E-state index in [0.717, 1.165) is 23.1 Å². The minimum Gasteiger partial charge on any atom is -0.504 e. The average molecular weight is 319 g/mol. The summed E-state index contributed by atoms with van der Waals surface area (Å²) in [5.41, 5.74) is 8.64. The maximum Gasteiger partial charge on any atom is 0.162 e. The molecule has 0 fully saturated rings. The van der Waals surface area contributed by atoms with Crippen LogP contribution in [-0.2, 0) is 6.42 Å². The van der Waals surface area contributed by atoms with E-state index < -0.39 is 0 Å². The number of aromatic hydroxyl groups is 1. The summed E-state index contributed by atoms with van der Waals surface area (Å²) in [4.78, 5) is 0. The smallest absolute Gasteiger partial charge is 0.162 e. The number of hydrogen-bond donors (Lipinski definition) is 2. The lowest BCUT2D eigenvalue weighted by atomic mass is 10.0. The molecular weight excluding hydrogens is 298 g/mol. The third-order valence-corrected chi connectivity index (χ3v) is 3.91. The minimum atomic E-state index is -0.279. The van der Waals surface area contributed by atoms with Crippen LogP contribution in [0.25, 0.3) is 0 Å². The molecule has 0 atom stereocenters. The van der Waals surface area contributed by atoms with Gasteiger partial charge in [-0.1, -0.05) is 66.7 Å². The molecule has 3 aromatic carbocycles. The molecule has 3 N–H and O–H groups in total. The van der Waals surface area contributed by atoms with Crippen LogP contribution in [0.5, 0.6) is 11.5 Å². The molecule has 3 rings (SSSR count). The van der Waals surface area contributed by atoms with Gasteiger partial charge in [0.2, 0.25) is 0 Å². The van der Waals surface area contributed by atoms with Crippen LogP contribution in [0.15, 0.2) is 78.9 Å². The van der Waals surface area contributed by atoms with Crippen molar-refractivity contribution in [1.29, 1.82) is 0 Å². The van der Waals surface area contributed by atoms with Crippen molar-refractivity contribution in [3.8, 4) is 11.5 Å². The van der Waals surface area contributed by atoms with Gasteiger partial charge in [-0.15, -0.1) is 0 Å². The van der Waals surface area contributed by atoms with Crippen LogP contribution in [0.4, 0.5) is 0 Å². The zero-order chi connectivity index (χ0) is 16.8. The van der Waals surface area contributed by atoms with Gasteiger partial charge in [-0.05, 0) is 41.8 Å².